The van der Waals surface area contributed by atoms with Gasteiger partial charge in [-0.15, -0.1) is 0 Å². The standard InChI is InChI=1S/C27H39I/c1-2-17-22(28-12-8-4-3-5-9-13-28)21-16-10-6-7-11-24-15-19-25(24)14-18-20(16)23(26(18,19)25)27(17,21)24/h16-23H,2-15H2,1H3/t16?,17-,18?,19?,20-,21?,22?,23-,24?,25-,26?,27-/m1/s1. The predicted octanol–water partition coefficient (Wildman–Crippen LogP) is 6.94. The summed E-state index contributed by atoms with van der Waals surface area (Å²) < 4.78 is 4.88. The molecule has 1 heterocycles. The van der Waals surface area contributed by atoms with Gasteiger partial charge in [-0.1, -0.05) is 0 Å². The quantitative estimate of drug-likeness (QED) is 0.291. The van der Waals surface area contributed by atoms with E-state index in [0.29, 0.717) is 0 Å². The number of hydrogen-bond acceptors (Lipinski definition) is 0. The summed E-state index contributed by atoms with van der Waals surface area (Å²) >= 11 is -0.730. The minimum atomic E-state index is -0.730. The first-order chi connectivity index (χ1) is 13.8. The van der Waals surface area contributed by atoms with Crippen molar-refractivity contribution in [3.63, 3.8) is 0 Å². The van der Waals surface area contributed by atoms with Crippen LogP contribution in [-0.2, 0) is 0 Å². The van der Waals surface area contributed by atoms with Crippen LogP contribution in [0.5, 0.6) is 0 Å². The molecule has 0 aromatic rings. The Bertz CT molecular complexity index is 777. The van der Waals surface area contributed by atoms with Crippen molar-refractivity contribution in [2.75, 3.05) is 8.86 Å². The molecule has 1 saturated heterocycles. The van der Waals surface area contributed by atoms with Gasteiger partial charge in [0.15, 0.2) is 0 Å². The molecule has 12 atom stereocenters. The Morgan fingerprint density at radius 1 is 0.893 bits per heavy atom. The molecule has 9 aliphatic rings. The minimum absolute atomic E-state index is 0.730. The van der Waals surface area contributed by atoms with Crippen LogP contribution < -0.4 is 0 Å². The number of fused-ring (bicyclic) bond motifs is 2. The first-order valence-corrected chi connectivity index (χ1v) is 17.7. The van der Waals surface area contributed by atoms with E-state index in [1.165, 1.54) is 45.3 Å². The Kier molecular flexibility index (Phi) is 2.68. The maximum atomic E-state index is 2.66. The Labute approximate surface area is 179 Å². The molecule has 9 fully saturated rings. The molecule has 0 amide bonds. The van der Waals surface area contributed by atoms with E-state index >= 15 is 0 Å². The van der Waals surface area contributed by atoms with E-state index in [4.69, 9.17) is 0 Å². The van der Waals surface area contributed by atoms with E-state index in [0.717, 1.165) is 21.7 Å². The van der Waals surface area contributed by atoms with Crippen molar-refractivity contribution in [2.24, 2.45) is 63.1 Å². The average Bonchev–Trinajstić information content (AvgIpc) is 2.96. The molecule has 0 aromatic carbocycles. The van der Waals surface area contributed by atoms with Crippen molar-refractivity contribution in [2.45, 2.75) is 87.9 Å². The van der Waals surface area contributed by atoms with Gasteiger partial charge < -0.3 is 0 Å². The molecular weight excluding hydrogens is 451 g/mol. The van der Waals surface area contributed by atoms with Crippen LogP contribution in [0.15, 0.2) is 0 Å². The van der Waals surface area contributed by atoms with Crippen molar-refractivity contribution in [3.05, 3.63) is 0 Å². The molecule has 28 heavy (non-hydrogen) atoms. The van der Waals surface area contributed by atoms with E-state index in [9.17, 15) is 0 Å². The molecule has 9 rings (SSSR count). The molecule has 1 aliphatic heterocycles. The summed E-state index contributed by atoms with van der Waals surface area (Å²) in [6.45, 7) is 2.66. The van der Waals surface area contributed by atoms with Crippen LogP contribution in [0.2, 0.25) is 0 Å². The Morgan fingerprint density at radius 2 is 1.71 bits per heavy atom. The van der Waals surface area contributed by atoms with E-state index < -0.39 is 19.8 Å². The van der Waals surface area contributed by atoms with Crippen molar-refractivity contribution in [1.82, 2.24) is 0 Å². The zero-order valence-electron chi connectivity index (χ0n) is 17.9. The van der Waals surface area contributed by atoms with Crippen molar-refractivity contribution in [1.29, 1.82) is 0 Å². The zero-order valence-corrected chi connectivity index (χ0v) is 20.1. The third kappa shape index (κ3) is 1.12. The fourth-order valence-electron chi connectivity index (χ4n) is 14.3. The molecular formula is C27H39I. The Balaban J connectivity index is 1.21. The third-order valence-corrected chi connectivity index (χ3v) is 21.9. The molecule has 0 N–H and O–H groups in total. The normalized spacial score (nSPS) is 72.5. The van der Waals surface area contributed by atoms with E-state index in [2.05, 4.69) is 6.92 Å². The topological polar surface area (TPSA) is 0 Å². The maximum absolute atomic E-state index is 2.66. The predicted molar refractivity (Wildman–Crippen MR) is 123 cm³/mol. The summed E-state index contributed by atoms with van der Waals surface area (Å²) in [5.74, 6) is 8.91. The van der Waals surface area contributed by atoms with E-state index in [1.54, 1.807) is 85.9 Å². The number of rotatable bonds is 2. The second-order valence-electron chi connectivity index (χ2n) is 13.1. The first-order valence-electron chi connectivity index (χ1n) is 13.4. The summed E-state index contributed by atoms with van der Waals surface area (Å²) in [6, 6.07) is 0. The second kappa shape index (κ2) is 4.59. The van der Waals surface area contributed by atoms with Crippen LogP contribution in [0, 0.1) is 63.1 Å². The molecule has 4 spiro atoms. The van der Waals surface area contributed by atoms with Gasteiger partial charge in [0.05, 0.1) is 0 Å². The van der Waals surface area contributed by atoms with Gasteiger partial charge >= 0.3 is 180 Å². The van der Waals surface area contributed by atoms with Crippen LogP contribution >= 0.6 is 19.8 Å². The van der Waals surface area contributed by atoms with Gasteiger partial charge in [-0.05, 0) is 0 Å². The fraction of sp³-hybridized carbons (Fsp3) is 1.00. The van der Waals surface area contributed by atoms with Gasteiger partial charge in [-0.25, -0.2) is 0 Å². The van der Waals surface area contributed by atoms with Gasteiger partial charge in [0.25, 0.3) is 0 Å². The first kappa shape index (κ1) is 16.4. The number of hydrogen-bond donors (Lipinski definition) is 0. The number of halogens is 1. The van der Waals surface area contributed by atoms with Gasteiger partial charge in [0.1, 0.15) is 0 Å². The molecule has 1 heteroatoms. The fourth-order valence-corrected chi connectivity index (χ4v) is 23.9. The summed E-state index contributed by atoms with van der Waals surface area (Å²) in [7, 11) is 0. The summed E-state index contributed by atoms with van der Waals surface area (Å²) in [5.41, 5.74) is 3.89. The second-order valence-corrected chi connectivity index (χ2v) is 19.5. The van der Waals surface area contributed by atoms with E-state index in [-0.39, 0.29) is 0 Å². The summed E-state index contributed by atoms with van der Waals surface area (Å²) in [4.78, 5) is 0. The van der Waals surface area contributed by atoms with Crippen LogP contribution in [0.3, 0.4) is 0 Å². The van der Waals surface area contributed by atoms with Gasteiger partial charge in [-0.2, -0.15) is 0 Å². The molecule has 8 aliphatic carbocycles. The number of alkyl halides is 3. The summed E-state index contributed by atoms with van der Waals surface area (Å²) in [6.07, 6.45) is 19.8. The molecule has 154 valence electrons. The van der Waals surface area contributed by atoms with Gasteiger partial charge in [0.2, 0.25) is 0 Å². The average molecular weight is 491 g/mol. The Morgan fingerprint density at radius 3 is 2.54 bits per heavy atom. The molecule has 2 bridgehead atoms. The molecule has 0 radical (unpaired) electrons. The third-order valence-electron chi connectivity index (χ3n) is 13.9. The van der Waals surface area contributed by atoms with Crippen LogP contribution in [0.25, 0.3) is 0 Å². The molecule has 0 nitrogen and oxygen atoms in total. The Hall–Kier alpha value is 0.730. The molecule has 0 aromatic heterocycles. The van der Waals surface area contributed by atoms with Crippen molar-refractivity contribution in [3.8, 4) is 0 Å². The van der Waals surface area contributed by atoms with Crippen molar-refractivity contribution >= 4 is 19.8 Å². The van der Waals surface area contributed by atoms with Crippen LogP contribution in [0.1, 0.15) is 84.0 Å². The van der Waals surface area contributed by atoms with Gasteiger partial charge in [0, 0.05) is 0 Å². The molecule has 7 unspecified atom stereocenters. The van der Waals surface area contributed by atoms with Crippen LogP contribution in [-0.4, -0.2) is 12.8 Å². The van der Waals surface area contributed by atoms with Crippen molar-refractivity contribution < 1.29 is 0 Å². The summed E-state index contributed by atoms with van der Waals surface area (Å²) in [5, 5.41) is 0. The van der Waals surface area contributed by atoms with Crippen LogP contribution in [0.4, 0.5) is 0 Å². The zero-order chi connectivity index (χ0) is 18.1. The van der Waals surface area contributed by atoms with Gasteiger partial charge in [-0.3, -0.25) is 0 Å². The van der Waals surface area contributed by atoms with E-state index in [1.807, 2.05) is 0 Å². The molecule has 8 saturated carbocycles. The monoisotopic (exact) mass is 490 g/mol. The SMILES string of the molecule is CC[C@@H]1C(I2CCCCCCC2)C2C3CCCCC45CC6C78C(C[C@]674)[C@@H]3[C@H]8[C@]215.